The highest BCUT2D eigenvalue weighted by Crippen LogP contribution is 2.39. The Morgan fingerprint density at radius 2 is 2.13 bits per heavy atom. The second-order valence-corrected chi connectivity index (χ2v) is 6.93. The maximum absolute atomic E-state index is 12.5. The number of urea groups is 1. The van der Waals surface area contributed by atoms with Crippen molar-refractivity contribution in [3.8, 4) is 0 Å². The minimum atomic E-state index is -0.340. The van der Waals surface area contributed by atoms with Crippen molar-refractivity contribution in [1.29, 1.82) is 0 Å². The number of benzene rings is 1. The molecule has 1 N–H and O–H groups in total. The first-order chi connectivity index (χ1) is 11.0. The highest BCUT2D eigenvalue weighted by Gasteiger charge is 2.48. The van der Waals surface area contributed by atoms with Crippen molar-refractivity contribution in [3.05, 3.63) is 35.4 Å². The molecule has 2 saturated heterocycles. The zero-order valence-corrected chi connectivity index (χ0v) is 14.0. The van der Waals surface area contributed by atoms with Gasteiger partial charge in [0, 0.05) is 33.2 Å². The molecule has 3 amide bonds. The molecule has 1 aromatic carbocycles. The monoisotopic (exact) mass is 315 g/mol. The largest absolute Gasteiger partial charge is 0.345 e. The lowest BCUT2D eigenvalue weighted by Crippen LogP contribution is -2.49. The Morgan fingerprint density at radius 3 is 2.91 bits per heavy atom. The molecule has 1 aromatic rings. The SMILES string of the molecule is Cc1cccc(CNC(=O)N2CCC3(CCCN(C)C3=O)C2)c1. The molecule has 0 bridgehead atoms. The fourth-order valence-electron chi connectivity index (χ4n) is 3.80. The van der Waals surface area contributed by atoms with Gasteiger partial charge in [0.25, 0.3) is 0 Å². The van der Waals surface area contributed by atoms with E-state index < -0.39 is 0 Å². The van der Waals surface area contributed by atoms with Gasteiger partial charge in [-0.25, -0.2) is 4.79 Å². The molecular formula is C18H25N3O2. The third-order valence-corrected chi connectivity index (χ3v) is 5.12. The lowest BCUT2D eigenvalue weighted by Gasteiger charge is -2.37. The van der Waals surface area contributed by atoms with Gasteiger partial charge in [-0.15, -0.1) is 0 Å². The number of nitrogens with zero attached hydrogens (tertiary/aromatic N) is 2. The van der Waals surface area contributed by atoms with Gasteiger partial charge in [0.1, 0.15) is 0 Å². The van der Waals surface area contributed by atoms with E-state index in [9.17, 15) is 9.59 Å². The molecule has 0 aliphatic carbocycles. The zero-order chi connectivity index (χ0) is 16.4. The molecule has 0 radical (unpaired) electrons. The predicted molar refractivity (Wildman–Crippen MR) is 88.9 cm³/mol. The molecule has 0 saturated carbocycles. The summed E-state index contributed by atoms with van der Waals surface area (Å²) in [6.45, 7) is 4.62. The maximum Gasteiger partial charge on any atom is 0.317 e. The summed E-state index contributed by atoms with van der Waals surface area (Å²) in [6.07, 6.45) is 2.72. The number of hydrogen-bond acceptors (Lipinski definition) is 2. The topological polar surface area (TPSA) is 52.7 Å². The van der Waals surface area contributed by atoms with Crippen LogP contribution in [0.4, 0.5) is 4.79 Å². The van der Waals surface area contributed by atoms with Crippen LogP contribution in [0.1, 0.15) is 30.4 Å². The van der Waals surface area contributed by atoms with E-state index in [1.807, 2.05) is 37.1 Å². The predicted octanol–water partition coefficient (Wildman–Crippen LogP) is 2.15. The van der Waals surface area contributed by atoms with E-state index in [0.29, 0.717) is 19.6 Å². The molecule has 0 aromatic heterocycles. The Bertz CT molecular complexity index is 616. The van der Waals surface area contributed by atoms with Gasteiger partial charge in [0.15, 0.2) is 0 Å². The number of hydrogen-bond donors (Lipinski definition) is 1. The van der Waals surface area contributed by atoms with Crippen LogP contribution in [0.5, 0.6) is 0 Å². The standard InChI is InChI=1S/C18H25N3O2/c1-14-5-3-6-15(11-14)12-19-17(23)21-10-8-18(13-21)7-4-9-20(2)16(18)22/h3,5-6,11H,4,7-10,12-13H2,1-2H3,(H,19,23). The van der Waals surface area contributed by atoms with E-state index in [4.69, 9.17) is 0 Å². The summed E-state index contributed by atoms with van der Waals surface area (Å²) in [6, 6.07) is 8.06. The quantitative estimate of drug-likeness (QED) is 0.909. The second kappa shape index (κ2) is 6.22. The number of likely N-dealkylation sites (tertiary alicyclic amines) is 2. The number of amides is 3. The Labute approximate surface area is 137 Å². The van der Waals surface area contributed by atoms with Crippen molar-refractivity contribution < 1.29 is 9.59 Å². The molecule has 23 heavy (non-hydrogen) atoms. The first-order valence-corrected chi connectivity index (χ1v) is 8.34. The molecule has 3 rings (SSSR count). The van der Waals surface area contributed by atoms with Gasteiger partial charge < -0.3 is 15.1 Å². The molecule has 2 heterocycles. The van der Waals surface area contributed by atoms with Crippen molar-refractivity contribution in [2.75, 3.05) is 26.7 Å². The summed E-state index contributed by atoms with van der Waals surface area (Å²) < 4.78 is 0. The lowest BCUT2D eigenvalue weighted by atomic mass is 9.78. The van der Waals surface area contributed by atoms with Crippen LogP contribution in [0.3, 0.4) is 0 Å². The maximum atomic E-state index is 12.5. The van der Waals surface area contributed by atoms with Crippen LogP contribution in [0.25, 0.3) is 0 Å². The van der Waals surface area contributed by atoms with Gasteiger partial charge in [0.05, 0.1) is 5.41 Å². The van der Waals surface area contributed by atoms with E-state index in [1.165, 1.54) is 5.56 Å². The van der Waals surface area contributed by atoms with E-state index in [0.717, 1.165) is 31.4 Å². The summed E-state index contributed by atoms with van der Waals surface area (Å²) in [7, 11) is 1.86. The van der Waals surface area contributed by atoms with Crippen LogP contribution >= 0.6 is 0 Å². The number of carbonyl (C=O) groups is 2. The smallest absolute Gasteiger partial charge is 0.317 e. The van der Waals surface area contributed by atoms with E-state index in [-0.39, 0.29) is 17.4 Å². The van der Waals surface area contributed by atoms with Crippen molar-refractivity contribution in [1.82, 2.24) is 15.1 Å². The van der Waals surface area contributed by atoms with Gasteiger partial charge in [-0.05, 0) is 31.7 Å². The van der Waals surface area contributed by atoms with E-state index in [2.05, 4.69) is 11.4 Å². The number of aryl methyl sites for hydroxylation is 1. The minimum absolute atomic E-state index is 0.0654. The molecule has 2 fully saturated rings. The van der Waals surface area contributed by atoms with E-state index in [1.54, 1.807) is 4.90 Å². The average Bonchev–Trinajstić information content (AvgIpc) is 2.96. The molecular weight excluding hydrogens is 290 g/mol. The second-order valence-electron chi connectivity index (χ2n) is 6.93. The molecule has 1 spiro atoms. The highest BCUT2D eigenvalue weighted by atomic mass is 16.2. The van der Waals surface area contributed by atoms with Crippen LogP contribution < -0.4 is 5.32 Å². The summed E-state index contributed by atoms with van der Waals surface area (Å²) in [4.78, 5) is 28.5. The van der Waals surface area contributed by atoms with Crippen molar-refractivity contribution in [3.63, 3.8) is 0 Å². The van der Waals surface area contributed by atoms with Crippen LogP contribution in [0, 0.1) is 12.3 Å². The summed E-state index contributed by atoms with van der Waals surface area (Å²) >= 11 is 0. The Hall–Kier alpha value is -2.04. The number of rotatable bonds is 2. The highest BCUT2D eigenvalue weighted by molar-refractivity contribution is 5.85. The molecule has 5 heteroatoms. The van der Waals surface area contributed by atoms with Crippen molar-refractivity contribution in [2.24, 2.45) is 5.41 Å². The van der Waals surface area contributed by atoms with Crippen LogP contribution in [-0.4, -0.2) is 48.4 Å². The first-order valence-electron chi connectivity index (χ1n) is 8.34. The van der Waals surface area contributed by atoms with Gasteiger partial charge in [-0.3, -0.25) is 4.79 Å². The van der Waals surface area contributed by atoms with Crippen molar-refractivity contribution >= 4 is 11.9 Å². The summed E-state index contributed by atoms with van der Waals surface area (Å²) in [5.41, 5.74) is 1.95. The number of piperidine rings is 1. The Morgan fingerprint density at radius 1 is 1.30 bits per heavy atom. The Kier molecular flexibility index (Phi) is 4.28. The average molecular weight is 315 g/mol. The first kappa shape index (κ1) is 15.8. The molecule has 124 valence electrons. The lowest BCUT2D eigenvalue weighted by molar-refractivity contribution is -0.143. The Balaban J connectivity index is 1.58. The molecule has 2 aliphatic rings. The van der Waals surface area contributed by atoms with Crippen molar-refractivity contribution in [2.45, 2.75) is 32.7 Å². The fourth-order valence-corrected chi connectivity index (χ4v) is 3.80. The summed E-state index contributed by atoms with van der Waals surface area (Å²) in [5, 5.41) is 2.98. The van der Waals surface area contributed by atoms with Crippen LogP contribution in [0.15, 0.2) is 24.3 Å². The molecule has 2 aliphatic heterocycles. The van der Waals surface area contributed by atoms with Gasteiger partial charge in [-0.1, -0.05) is 29.8 Å². The van der Waals surface area contributed by atoms with Crippen LogP contribution in [0.2, 0.25) is 0 Å². The summed E-state index contributed by atoms with van der Waals surface area (Å²) in [5.74, 6) is 0.206. The minimum Gasteiger partial charge on any atom is -0.345 e. The fraction of sp³-hybridized carbons (Fsp3) is 0.556. The third kappa shape index (κ3) is 3.19. The normalized spacial score (nSPS) is 24.3. The van der Waals surface area contributed by atoms with Gasteiger partial charge in [-0.2, -0.15) is 0 Å². The number of nitrogens with one attached hydrogen (secondary N) is 1. The van der Waals surface area contributed by atoms with Gasteiger partial charge in [0.2, 0.25) is 5.91 Å². The molecule has 5 nitrogen and oxygen atoms in total. The number of carbonyl (C=O) groups excluding carboxylic acids is 2. The third-order valence-electron chi connectivity index (χ3n) is 5.12. The van der Waals surface area contributed by atoms with E-state index >= 15 is 0 Å². The molecule has 1 unspecified atom stereocenters. The van der Waals surface area contributed by atoms with Gasteiger partial charge >= 0.3 is 6.03 Å². The van der Waals surface area contributed by atoms with Crippen LogP contribution in [-0.2, 0) is 11.3 Å². The zero-order valence-electron chi connectivity index (χ0n) is 14.0. The molecule has 1 atom stereocenters.